The summed E-state index contributed by atoms with van der Waals surface area (Å²) in [5, 5.41) is 1.39. The van der Waals surface area contributed by atoms with Gasteiger partial charge in [0.05, 0.1) is 16.9 Å². The first-order valence-corrected chi connectivity index (χ1v) is 8.46. The van der Waals surface area contributed by atoms with E-state index in [0.29, 0.717) is 6.04 Å². The molecule has 1 atom stereocenters. The first-order chi connectivity index (χ1) is 11.2. The SMILES string of the molecule is CCC1c2c(n(-c3cccnc3C)c3ccccc23)CCN1C. The Morgan fingerprint density at radius 2 is 2.00 bits per heavy atom. The van der Waals surface area contributed by atoms with Gasteiger partial charge in [0, 0.05) is 36.3 Å². The van der Waals surface area contributed by atoms with Crippen LogP contribution in [0.4, 0.5) is 0 Å². The van der Waals surface area contributed by atoms with E-state index in [4.69, 9.17) is 0 Å². The number of aryl methyl sites for hydroxylation is 1. The lowest BCUT2D eigenvalue weighted by molar-refractivity contribution is 0.225. The highest BCUT2D eigenvalue weighted by atomic mass is 15.2. The van der Waals surface area contributed by atoms with Crippen molar-refractivity contribution in [3.63, 3.8) is 0 Å². The Hall–Kier alpha value is -2.13. The molecule has 1 aliphatic rings. The number of nitrogens with zero attached hydrogens (tertiary/aromatic N) is 3. The summed E-state index contributed by atoms with van der Waals surface area (Å²) in [5.74, 6) is 0. The summed E-state index contributed by atoms with van der Waals surface area (Å²) in [4.78, 5) is 7.01. The third kappa shape index (κ3) is 2.11. The van der Waals surface area contributed by atoms with Crippen LogP contribution in [0.2, 0.25) is 0 Å². The first-order valence-electron chi connectivity index (χ1n) is 8.46. The van der Waals surface area contributed by atoms with Gasteiger partial charge in [-0.2, -0.15) is 0 Å². The molecule has 0 aliphatic carbocycles. The number of hydrogen-bond donors (Lipinski definition) is 0. The highest BCUT2D eigenvalue weighted by Gasteiger charge is 2.30. The van der Waals surface area contributed by atoms with Crippen LogP contribution in [0.5, 0.6) is 0 Å². The van der Waals surface area contributed by atoms with Gasteiger partial charge in [-0.15, -0.1) is 0 Å². The number of benzene rings is 1. The van der Waals surface area contributed by atoms with Gasteiger partial charge in [-0.1, -0.05) is 25.1 Å². The molecule has 0 spiro atoms. The maximum absolute atomic E-state index is 4.51. The minimum atomic E-state index is 0.502. The summed E-state index contributed by atoms with van der Waals surface area (Å²) in [7, 11) is 2.25. The van der Waals surface area contributed by atoms with Crippen molar-refractivity contribution in [2.24, 2.45) is 0 Å². The van der Waals surface area contributed by atoms with Gasteiger partial charge in [0.15, 0.2) is 0 Å². The molecule has 2 aromatic heterocycles. The lowest BCUT2D eigenvalue weighted by Crippen LogP contribution is -2.32. The molecule has 3 heteroatoms. The van der Waals surface area contributed by atoms with Crippen molar-refractivity contribution < 1.29 is 0 Å². The van der Waals surface area contributed by atoms with Crippen LogP contribution in [0, 0.1) is 6.92 Å². The monoisotopic (exact) mass is 305 g/mol. The van der Waals surface area contributed by atoms with Crippen LogP contribution >= 0.6 is 0 Å². The smallest absolute Gasteiger partial charge is 0.0671 e. The standard InChI is InChI=1S/C20H23N3/c1-4-16-20-15-8-5-6-9-18(15)23(19(20)11-13-22(16)3)17-10-7-12-21-14(17)2/h5-10,12,16H,4,11,13H2,1-3H3. The van der Waals surface area contributed by atoms with Gasteiger partial charge in [-0.3, -0.25) is 9.88 Å². The lowest BCUT2D eigenvalue weighted by Gasteiger charge is -2.33. The van der Waals surface area contributed by atoms with Crippen molar-refractivity contribution >= 4 is 10.9 Å². The molecular formula is C20H23N3. The van der Waals surface area contributed by atoms with E-state index in [1.165, 1.54) is 27.8 Å². The van der Waals surface area contributed by atoms with E-state index in [0.717, 1.165) is 25.1 Å². The average molecular weight is 305 g/mol. The number of likely N-dealkylation sites (N-methyl/N-ethyl adjacent to an activating group) is 1. The van der Waals surface area contributed by atoms with Crippen LogP contribution in [0.1, 0.15) is 36.3 Å². The van der Waals surface area contributed by atoms with Crippen LogP contribution in [-0.4, -0.2) is 28.0 Å². The van der Waals surface area contributed by atoms with Crippen molar-refractivity contribution in [3.8, 4) is 5.69 Å². The Morgan fingerprint density at radius 3 is 2.78 bits per heavy atom. The van der Waals surface area contributed by atoms with Crippen molar-refractivity contribution in [2.75, 3.05) is 13.6 Å². The molecule has 0 bridgehead atoms. The molecule has 0 N–H and O–H groups in total. The maximum atomic E-state index is 4.51. The largest absolute Gasteiger partial charge is 0.311 e. The summed E-state index contributed by atoms with van der Waals surface area (Å²) in [6.07, 6.45) is 4.11. The Bertz CT molecular complexity index is 862. The van der Waals surface area contributed by atoms with E-state index < -0.39 is 0 Å². The van der Waals surface area contributed by atoms with Gasteiger partial charge in [0.1, 0.15) is 0 Å². The molecule has 118 valence electrons. The zero-order valence-electron chi connectivity index (χ0n) is 14.1. The van der Waals surface area contributed by atoms with E-state index in [-0.39, 0.29) is 0 Å². The molecule has 3 heterocycles. The van der Waals surface area contributed by atoms with Gasteiger partial charge < -0.3 is 4.57 Å². The van der Waals surface area contributed by atoms with E-state index in [9.17, 15) is 0 Å². The normalized spacial score (nSPS) is 18.3. The summed E-state index contributed by atoms with van der Waals surface area (Å²) in [6, 6.07) is 13.5. The van der Waals surface area contributed by atoms with E-state index >= 15 is 0 Å². The van der Waals surface area contributed by atoms with Crippen LogP contribution < -0.4 is 0 Å². The molecule has 1 aliphatic heterocycles. The molecule has 4 rings (SSSR count). The Kier molecular flexibility index (Phi) is 3.46. The average Bonchev–Trinajstić information content (AvgIpc) is 2.90. The van der Waals surface area contributed by atoms with Crippen molar-refractivity contribution in [3.05, 3.63) is 59.5 Å². The molecule has 0 saturated heterocycles. The number of aromatic nitrogens is 2. The summed E-state index contributed by atoms with van der Waals surface area (Å²) in [6.45, 7) is 5.50. The van der Waals surface area contributed by atoms with Gasteiger partial charge >= 0.3 is 0 Å². The fraction of sp³-hybridized carbons (Fsp3) is 0.350. The van der Waals surface area contributed by atoms with E-state index in [1.54, 1.807) is 0 Å². The number of fused-ring (bicyclic) bond motifs is 3. The Morgan fingerprint density at radius 1 is 1.17 bits per heavy atom. The molecule has 1 aromatic carbocycles. The summed E-state index contributed by atoms with van der Waals surface area (Å²) >= 11 is 0. The van der Waals surface area contributed by atoms with Gasteiger partial charge in [0.25, 0.3) is 0 Å². The molecule has 0 saturated carbocycles. The maximum Gasteiger partial charge on any atom is 0.0671 e. The number of rotatable bonds is 2. The summed E-state index contributed by atoms with van der Waals surface area (Å²) in [5.41, 5.74) is 6.59. The second-order valence-electron chi connectivity index (χ2n) is 6.48. The topological polar surface area (TPSA) is 21.1 Å². The fourth-order valence-electron chi connectivity index (χ4n) is 4.10. The number of hydrogen-bond acceptors (Lipinski definition) is 2. The lowest BCUT2D eigenvalue weighted by atomic mass is 9.94. The number of para-hydroxylation sites is 1. The molecular weight excluding hydrogens is 282 g/mol. The number of pyridine rings is 1. The minimum absolute atomic E-state index is 0.502. The van der Waals surface area contributed by atoms with Crippen LogP contribution in [0.25, 0.3) is 16.6 Å². The van der Waals surface area contributed by atoms with Crippen molar-refractivity contribution in [2.45, 2.75) is 32.7 Å². The molecule has 3 nitrogen and oxygen atoms in total. The molecule has 23 heavy (non-hydrogen) atoms. The second-order valence-corrected chi connectivity index (χ2v) is 6.48. The van der Waals surface area contributed by atoms with Crippen LogP contribution in [0.15, 0.2) is 42.6 Å². The predicted octanol–water partition coefficient (Wildman–Crippen LogP) is 4.27. The summed E-state index contributed by atoms with van der Waals surface area (Å²) < 4.78 is 2.45. The third-order valence-corrected chi connectivity index (χ3v) is 5.19. The molecule has 0 amide bonds. The van der Waals surface area contributed by atoms with Crippen LogP contribution in [0.3, 0.4) is 0 Å². The van der Waals surface area contributed by atoms with E-state index in [2.05, 4.69) is 65.7 Å². The highest BCUT2D eigenvalue weighted by molar-refractivity contribution is 5.88. The molecule has 3 aromatic rings. The minimum Gasteiger partial charge on any atom is -0.311 e. The molecule has 1 unspecified atom stereocenters. The molecule has 0 fully saturated rings. The quantitative estimate of drug-likeness (QED) is 0.705. The third-order valence-electron chi connectivity index (χ3n) is 5.19. The Balaban J connectivity index is 2.09. The first kappa shape index (κ1) is 14.5. The Labute approximate surface area is 137 Å². The second kappa shape index (κ2) is 5.50. The van der Waals surface area contributed by atoms with Crippen LogP contribution in [-0.2, 0) is 6.42 Å². The highest BCUT2D eigenvalue weighted by Crippen LogP contribution is 2.40. The van der Waals surface area contributed by atoms with Gasteiger partial charge in [0.2, 0.25) is 0 Å². The zero-order valence-corrected chi connectivity index (χ0v) is 14.1. The molecule has 0 radical (unpaired) electrons. The zero-order chi connectivity index (χ0) is 16.0. The van der Waals surface area contributed by atoms with Crippen molar-refractivity contribution in [1.29, 1.82) is 0 Å². The van der Waals surface area contributed by atoms with Crippen molar-refractivity contribution in [1.82, 2.24) is 14.5 Å². The van der Waals surface area contributed by atoms with Gasteiger partial charge in [-0.25, -0.2) is 0 Å². The fourth-order valence-corrected chi connectivity index (χ4v) is 4.10. The van der Waals surface area contributed by atoms with Gasteiger partial charge in [-0.05, 0) is 44.2 Å². The van der Waals surface area contributed by atoms with E-state index in [1.807, 2.05) is 12.3 Å². The predicted molar refractivity (Wildman–Crippen MR) is 95.2 cm³/mol.